The minimum Gasteiger partial charge on any atom is -0.314 e. The summed E-state index contributed by atoms with van der Waals surface area (Å²) < 4.78 is 12.1. The van der Waals surface area contributed by atoms with E-state index in [0.717, 1.165) is 6.54 Å². The molecule has 0 aliphatic rings. The molecule has 0 fully saturated rings. The van der Waals surface area contributed by atoms with Crippen molar-refractivity contribution in [1.82, 2.24) is 5.32 Å². The Kier molecular flexibility index (Phi) is 5.76. The highest BCUT2D eigenvalue weighted by molar-refractivity contribution is 7.85. The largest absolute Gasteiger partial charge is 0.314 e. The van der Waals surface area contributed by atoms with Gasteiger partial charge >= 0.3 is 0 Å². The summed E-state index contributed by atoms with van der Waals surface area (Å²) in [7, 11) is -1.16. The Morgan fingerprint density at radius 2 is 1.94 bits per heavy atom. The van der Waals surface area contributed by atoms with Crippen LogP contribution in [0.4, 0.5) is 0 Å². The molecule has 0 heterocycles. The van der Waals surface area contributed by atoms with E-state index in [4.69, 9.17) is 23.2 Å². The molecule has 1 aromatic carbocycles. The molecule has 1 aromatic rings. The molecule has 2 unspecified atom stereocenters. The lowest BCUT2D eigenvalue weighted by Gasteiger charge is -2.13. The van der Waals surface area contributed by atoms with E-state index in [1.807, 2.05) is 13.8 Å². The maximum atomic E-state index is 12.1. The van der Waals surface area contributed by atoms with Gasteiger partial charge in [-0.25, -0.2) is 0 Å². The van der Waals surface area contributed by atoms with Crippen molar-refractivity contribution < 1.29 is 4.21 Å². The average molecular weight is 280 g/mol. The SMILES string of the molecule is CCNC(C)CS(=O)c1c(Cl)cccc1Cl. The number of benzene rings is 1. The minimum atomic E-state index is -1.16. The molecule has 1 N–H and O–H groups in total. The third-order valence-corrected chi connectivity index (χ3v) is 4.65. The Hall–Kier alpha value is -0.0900. The monoisotopic (exact) mass is 279 g/mol. The maximum Gasteiger partial charge on any atom is 0.0760 e. The van der Waals surface area contributed by atoms with Crippen molar-refractivity contribution in [1.29, 1.82) is 0 Å². The Morgan fingerprint density at radius 1 is 1.38 bits per heavy atom. The molecular weight excluding hydrogens is 265 g/mol. The lowest BCUT2D eigenvalue weighted by molar-refractivity contribution is 0.607. The van der Waals surface area contributed by atoms with E-state index >= 15 is 0 Å². The van der Waals surface area contributed by atoms with Gasteiger partial charge in [-0.3, -0.25) is 4.21 Å². The molecule has 0 aliphatic carbocycles. The first-order valence-corrected chi connectivity index (χ1v) is 7.19. The molecule has 0 bridgehead atoms. The van der Waals surface area contributed by atoms with Crippen LogP contribution >= 0.6 is 23.2 Å². The van der Waals surface area contributed by atoms with Crippen LogP contribution in [0.2, 0.25) is 10.0 Å². The Bertz CT molecular complexity index is 364. The lowest BCUT2D eigenvalue weighted by atomic mass is 10.4. The highest BCUT2D eigenvalue weighted by Gasteiger charge is 2.15. The number of hydrogen-bond donors (Lipinski definition) is 1. The molecule has 1 rings (SSSR count). The molecule has 0 saturated heterocycles. The zero-order valence-corrected chi connectivity index (χ0v) is 11.6. The molecule has 0 saturated carbocycles. The molecule has 0 radical (unpaired) electrons. The van der Waals surface area contributed by atoms with E-state index in [-0.39, 0.29) is 6.04 Å². The summed E-state index contributed by atoms with van der Waals surface area (Å²) in [5, 5.41) is 4.14. The first-order chi connectivity index (χ1) is 7.56. The van der Waals surface area contributed by atoms with E-state index in [1.54, 1.807) is 18.2 Å². The van der Waals surface area contributed by atoms with Gasteiger partial charge in [-0.2, -0.15) is 0 Å². The summed E-state index contributed by atoms with van der Waals surface area (Å²) >= 11 is 12.0. The van der Waals surface area contributed by atoms with E-state index < -0.39 is 10.8 Å². The van der Waals surface area contributed by atoms with Crippen LogP contribution in [0.5, 0.6) is 0 Å². The summed E-state index contributed by atoms with van der Waals surface area (Å²) in [6, 6.07) is 5.34. The molecule has 0 aliphatic heterocycles. The summed E-state index contributed by atoms with van der Waals surface area (Å²) in [6.07, 6.45) is 0. The highest BCUT2D eigenvalue weighted by Crippen LogP contribution is 2.27. The second-order valence-corrected chi connectivity index (χ2v) is 5.77. The third kappa shape index (κ3) is 3.74. The van der Waals surface area contributed by atoms with Gasteiger partial charge in [0.1, 0.15) is 0 Å². The Morgan fingerprint density at radius 3 is 2.44 bits per heavy atom. The molecule has 0 spiro atoms. The predicted octanol–water partition coefficient (Wildman–Crippen LogP) is 3.10. The first kappa shape index (κ1) is 14.0. The fourth-order valence-corrected chi connectivity index (χ4v) is 3.64. The van der Waals surface area contributed by atoms with Gasteiger partial charge in [0.15, 0.2) is 0 Å². The van der Waals surface area contributed by atoms with E-state index in [2.05, 4.69) is 5.32 Å². The molecular formula is C11H15Cl2NOS. The van der Waals surface area contributed by atoms with Crippen LogP contribution in [0.3, 0.4) is 0 Å². The summed E-state index contributed by atoms with van der Waals surface area (Å²) in [5.41, 5.74) is 0. The standard InChI is InChI=1S/C11H15Cl2NOS/c1-3-14-8(2)7-16(15)11-9(12)5-4-6-10(11)13/h4-6,8,14H,3,7H2,1-2H3. The molecule has 90 valence electrons. The fraction of sp³-hybridized carbons (Fsp3) is 0.455. The van der Waals surface area contributed by atoms with Gasteiger partial charge in [0.2, 0.25) is 0 Å². The van der Waals surface area contributed by atoms with E-state index in [9.17, 15) is 4.21 Å². The lowest BCUT2D eigenvalue weighted by Crippen LogP contribution is -2.30. The molecule has 0 amide bonds. The number of halogens is 2. The first-order valence-electron chi connectivity index (χ1n) is 5.12. The topological polar surface area (TPSA) is 29.1 Å². The van der Waals surface area contributed by atoms with Crippen molar-refractivity contribution in [2.24, 2.45) is 0 Å². The van der Waals surface area contributed by atoms with Gasteiger partial charge in [0.05, 0.1) is 25.7 Å². The van der Waals surface area contributed by atoms with Gasteiger partial charge in [-0.05, 0) is 25.6 Å². The third-order valence-electron chi connectivity index (χ3n) is 2.10. The van der Waals surface area contributed by atoms with Crippen molar-refractivity contribution in [3.8, 4) is 0 Å². The summed E-state index contributed by atoms with van der Waals surface area (Å²) in [6.45, 7) is 4.86. The van der Waals surface area contributed by atoms with Crippen LogP contribution in [0.1, 0.15) is 13.8 Å². The van der Waals surface area contributed by atoms with Crippen molar-refractivity contribution in [3.05, 3.63) is 28.2 Å². The second kappa shape index (κ2) is 6.60. The molecule has 2 nitrogen and oxygen atoms in total. The minimum absolute atomic E-state index is 0.179. The van der Waals surface area contributed by atoms with Crippen molar-refractivity contribution in [3.63, 3.8) is 0 Å². The van der Waals surface area contributed by atoms with E-state index in [0.29, 0.717) is 20.7 Å². The second-order valence-electron chi connectivity index (χ2n) is 3.52. The van der Waals surface area contributed by atoms with Gasteiger partial charge in [0, 0.05) is 11.8 Å². The molecule has 0 aromatic heterocycles. The van der Waals surface area contributed by atoms with Crippen LogP contribution in [0, 0.1) is 0 Å². The highest BCUT2D eigenvalue weighted by atomic mass is 35.5. The average Bonchev–Trinajstić information content (AvgIpc) is 2.17. The number of hydrogen-bond acceptors (Lipinski definition) is 2. The number of nitrogens with one attached hydrogen (secondary N) is 1. The normalized spacial score (nSPS) is 14.8. The number of rotatable bonds is 5. The van der Waals surface area contributed by atoms with Crippen LogP contribution < -0.4 is 5.32 Å². The zero-order chi connectivity index (χ0) is 12.1. The van der Waals surface area contributed by atoms with Gasteiger partial charge in [-0.1, -0.05) is 36.2 Å². The van der Waals surface area contributed by atoms with Crippen LogP contribution in [0.25, 0.3) is 0 Å². The van der Waals surface area contributed by atoms with Crippen molar-refractivity contribution in [2.45, 2.75) is 24.8 Å². The summed E-state index contributed by atoms with van der Waals surface area (Å²) in [4.78, 5) is 0.538. The molecule has 2 atom stereocenters. The Balaban J connectivity index is 2.80. The van der Waals surface area contributed by atoms with Crippen molar-refractivity contribution >= 4 is 34.0 Å². The Labute approximate surface area is 109 Å². The zero-order valence-electron chi connectivity index (χ0n) is 9.30. The van der Waals surface area contributed by atoms with E-state index in [1.165, 1.54) is 0 Å². The van der Waals surface area contributed by atoms with Gasteiger partial charge < -0.3 is 5.32 Å². The molecule has 16 heavy (non-hydrogen) atoms. The smallest absolute Gasteiger partial charge is 0.0760 e. The summed E-state index contributed by atoms with van der Waals surface area (Å²) in [5.74, 6) is 0.511. The fourth-order valence-electron chi connectivity index (χ4n) is 1.42. The predicted molar refractivity (Wildman–Crippen MR) is 70.9 cm³/mol. The van der Waals surface area contributed by atoms with Gasteiger partial charge in [0.25, 0.3) is 0 Å². The van der Waals surface area contributed by atoms with Crippen molar-refractivity contribution in [2.75, 3.05) is 12.3 Å². The van der Waals surface area contributed by atoms with Crippen LogP contribution in [-0.2, 0) is 10.8 Å². The van der Waals surface area contributed by atoms with Gasteiger partial charge in [-0.15, -0.1) is 0 Å². The quantitative estimate of drug-likeness (QED) is 0.898. The van der Waals surface area contributed by atoms with Crippen LogP contribution in [0.15, 0.2) is 23.1 Å². The maximum absolute atomic E-state index is 12.1. The molecule has 5 heteroatoms. The van der Waals surface area contributed by atoms with Crippen LogP contribution in [-0.4, -0.2) is 22.5 Å².